The smallest absolute Gasteiger partial charge is 0.220 e. The number of benzene rings is 1. The molecule has 1 unspecified atom stereocenters. The quantitative estimate of drug-likeness (QED) is 0.704. The van der Waals surface area contributed by atoms with Crippen LogP contribution in [-0.4, -0.2) is 38.4 Å². The Morgan fingerprint density at radius 3 is 2.62 bits per heavy atom. The van der Waals surface area contributed by atoms with Gasteiger partial charge in [0.25, 0.3) is 0 Å². The molecule has 1 aromatic rings. The van der Waals surface area contributed by atoms with E-state index in [9.17, 15) is 9.59 Å². The number of halogens is 1. The van der Waals surface area contributed by atoms with Crippen molar-refractivity contribution in [3.63, 3.8) is 0 Å². The van der Waals surface area contributed by atoms with Crippen molar-refractivity contribution in [2.24, 2.45) is 5.92 Å². The Labute approximate surface area is 149 Å². The standard InChI is InChI=1S/C18H26N2O3.ClH/c1-23-16-6-4-15(5-7-16)17(21)8-9-18(22)20-12-10-14-3-2-11-19-13-14;/h4-7,14,19H,2-3,8-13H2,1H3,(H,20,22);1H. The van der Waals surface area contributed by atoms with Crippen molar-refractivity contribution in [1.82, 2.24) is 10.6 Å². The molecule has 134 valence electrons. The van der Waals surface area contributed by atoms with Crippen molar-refractivity contribution in [2.75, 3.05) is 26.7 Å². The van der Waals surface area contributed by atoms with E-state index in [0.29, 0.717) is 18.0 Å². The molecular weight excluding hydrogens is 328 g/mol. The number of carbonyl (C=O) groups excluding carboxylic acids is 2. The summed E-state index contributed by atoms with van der Waals surface area (Å²) in [5.41, 5.74) is 0.617. The summed E-state index contributed by atoms with van der Waals surface area (Å²) in [6, 6.07) is 6.97. The highest BCUT2D eigenvalue weighted by molar-refractivity contribution is 5.98. The molecule has 0 bridgehead atoms. The number of Topliss-reactive ketones (excluding diaryl/α,β-unsaturated/α-hetero) is 1. The van der Waals surface area contributed by atoms with Gasteiger partial charge in [-0.05, 0) is 62.5 Å². The van der Waals surface area contributed by atoms with Gasteiger partial charge in [-0.3, -0.25) is 9.59 Å². The fourth-order valence-corrected chi connectivity index (χ4v) is 2.82. The van der Waals surface area contributed by atoms with Gasteiger partial charge in [-0.15, -0.1) is 12.4 Å². The van der Waals surface area contributed by atoms with Crippen LogP contribution < -0.4 is 15.4 Å². The molecule has 1 aromatic carbocycles. The molecule has 1 saturated heterocycles. The highest BCUT2D eigenvalue weighted by Crippen LogP contribution is 2.14. The number of nitrogens with one attached hydrogen (secondary N) is 2. The van der Waals surface area contributed by atoms with Gasteiger partial charge in [-0.1, -0.05) is 0 Å². The fourth-order valence-electron chi connectivity index (χ4n) is 2.82. The maximum absolute atomic E-state index is 12.0. The minimum absolute atomic E-state index is 0. The van der Waals surface area contributed by atoms with E-state index >= 15 is 0 Å². The number of carbonyl (C=O) groups is 2. The van der Waals surface area contributed by atoms with E-state index in [1.165, 1.54) is 12.8 Å². The van der Waals surface area contributed by atoms with Gasteiger partial charge in [0.05, 0.1) is 7.11 Å². The summed E-state index contributed by atoms with van der Waals surface area (Å²) in [4.78, 5) is 23.9. The van der Waals surface area contributed by atoms with Gasteiger partial charge in [0.2, 0.25) is 5.91 Å². The van der Waals surface area contributed by atoms with Gasteiger partial charge < -0.3 is 15.4 Å². The highest BCUT2D eigenvalue weighted by atomic mass is 35.5. The molecule has 0 aromatic heterocycles. The Morgan fingerprint density at radius 1 is 1.25 bits per heavy atom. The van der Waals surface area contributed by atoms with Crippen LogP contribution in [0.2, 0.25) is 0 Å². The first-order chi connectivity index (χ1) is 11.2. The second-order valence-corrected chi connectivity index (χ2v) is 6.00. The molecule has 1 amide bonds. The monoisotopic (exact) mass is 354 g/mol. The number of hydrogen-bond donors (Lipinski definition) is 2. The molecule has 1 fully saturated rings. The van der Waals surface area contributed by atoms with Gasteiger partial charge in [0.15, 0.2) is 5.78 Å². The molecule has 2 rings (SSSR count). The van der Waals surface area contributed by atoms with Gasteiger partial charge >= 0.3 is 0 Å². The maximum Gasteiger partial charge on any atom is 0.220 e. The number of ketones is 1. The second kappa shape index (κ2) is 11.0. The van der Waals surface area contributed by atoms with E-state index in [0.717, 1.165) is 25.3 Å². The second-order valence-electron chi connectivity index (χ2n) is 6.00. The number of hydrogen-bond acceptors (Lipinski definition) is 4. The number of ether oxygens (including phenoxy) is 1. The summed E-state index contributed by atoms with van der Waals surface area (Å²) in [5.74, 6) is 1.32. The van der Waals surface area contributed by atoms with Crippen LogP contribution in [0.3, 0.4) is 0 Å². The van der Waals surface area contributed by atoms with Crippen LogP contribution in [0.5, 0.6) is 5.75 Å². The molecule has 5 nitrogen and oxygen atoms in total. The van der Waals surface area contributed by atoms with Gasteiger partial charge in [0.1, 0.15) is 5.75 Å². The summed E-state index contributed by atoms with van der Waals surface area (Å²) in [5, 5.41) is 6.29. The molecule has 1 aliphatic heterocycles. The summed E-state index contributed by atoms with van der Waals surface area (Å²) in [7, 11) is 1.59. The average molecular weight is 355 g/mol. The van der Waals surface area contributed by atoms with Crippen LogP contribution in [0.25, 0.3) is 0 Å². The SMILES string of the molecule is COc1ccc(C(=O)CCC(=O)NCCC2CCCNC2)cc1.Cl. The van der Waals surface area contributed by atoms with Crippen molar-refractivity contribution in [3.05, 3.63) is 29.8 Å². The van der Waals surface area contributed by atoms with Crippen LogP contribution >= 0.6 is 12.4 Å². The lowest BCUT2D eigenvalue weighted by Crippen LogP contribution is -2.33. The normalized spacial score (nSPS) is 16.8. The van der Waals surface area contributed by atoms with Gasteiger partial charge in [0, 0.05) is 24.9 Å². The Morgan fingerprint density at radius 2 is 2.00 bits per heavy atom. The summed E-state index contributed by atoms with van der Waals surface area (Å²) in [6.07, 6.45) is 3.94. The van der Waals surface area contributed by atoms with Crippen molar-refractivity contribution in [3.8, 4) is 5.75 Å². The molecule has 0 saturated carbocycles. The molecular formula is C18H27ClN2O3. The van der Waals surface area contributed by atoms with Crippen molar-refractivity contribution in [2.45, 2.75) is 32.1 Å². The molecule has 1 atom stereocenters. The molecule has 2 N–H and O–H groups in total. The van der Waals surface area contributed by atoms with E-state index in [-0.39, 0.29) is 36.9 Å². The number of piperidine rings is 1. The van der Waals surface area contributed by atoms with Gasteiger partial charge in [-0.2, -0.15) is 0 Å². The Balaban J connectivity index is 0.00000288. The Kier molecular flexibility index (Phi) is 9.42. The summed E-state index contributed by atoms with van der Waals surface area (Å²) in [6.45, 7) is 2.85. The molecule has 1 aliphatic rings. The van der Waals surface area contributed by atoms with E-state index in [4.69, 9.17) is 4.74 Å². The third-order valence-corrected chi connectivity index (χ3v) is 4.26. The lowest BCUT2D eigenvalue weighted by Gasteiger charge is -2.22. The lowest BCUT2D eigenvalue weighted by molar-refractivity contribution is -0.121. The first kappa shape index (κ1) is 20.5. The molecule has 0 aliphatic carbocycles. The first-order valence-electron chi connectivity index (χ1n) is 8.33. The van der Waals surface area contributed by atoms with Crippen molar-refractivity contribution >= 4 is 24.1 Å². The van der Waals surface area contributed by atoms with Crippen LogP contribution in [0, 0.1) is 5.92 Å². The van der Waals surface area contributed by atoms with E-state index in [2.05, 4.69) is 10.6 Å². The Hall–Kier alpha value is -1.59. The minimum atomic E-state index is -0.0457. The van der Waals surface area contributed by atoms with Crippen LogP contribution in [0.4, 0.5) is 0 Å². The lowest BCUT2D eigenvalue weighted by atomic mass is 9.96. The zero-order valence-electron chi connectivity index (χ0n) is 14.2. The first-order valence-corrected chi connectivity index (χ1v) is 8.33. The van der Waals surface area contributed by atoms with E-state index < -0.39 is 0 Å². The predicted octanol–water partition coefficient (Wildman–Crippen LogP) is 2.59. The van der Waals surface area contributed by atoms with E-state index in [1.807, 2.05) is 0 Å². The highest BCUT2D eigenvalue weighted by Gasteiger charge is 2.13. The van der Waals surface area contributed by atoms with Crippen molar-refractivity contribution in [1.29, 1.82) is 0 Å². The maximum atomic E-state index is 12.0. The molecule has 24 heavy (non-hydrogen) atoms. The number of methoxy groups -OCH3 is 1. The van der Waals surface area contributed by atoms with Crippen molar-refractivity contribution < 1.29 is 14.3 Å². The largest absolute Gasteiger partial charge is 0.497 e. The zero-order chi connectivity index (χ0) is 16.5. The van der Waals surface area contributed by atoms with Gasteiger partial charge in [-0.25, -0.2) is 0 Å². The molecule has 0 radical (unpaired) electrons. The van der Waals surface area contributed by atoms with Crippen LogP contribution in [0.1, 0.15) is 42.5 Å². The Bertz CT molecular complexity index is 514. The summed E-state index contributed by atoms with van der Waals surface area (Å²) >= 11 is 0. The number of amides is 1. The molecule has 0 spiro atoms. The molecule has 1 heterocycles. The van der Waals surface area contributed by atoms with Crippen LogP contribution in [0.15, 0.2) is 24.3 Å². The van der Waals surface area contributed by atoms with Crippen LogP contribution in [-0.2, 0) is 4.79 Å². The van der Waals surface area contributed by atoms with E-state index in [1.54, 1.807) is 31.4 Å². The fraction of sp³-hybridized carbons (Fsp3) is 0.556. The average Bonchev–Trinajstić information content (AvgIpc) is 2.60. The third-order valence-electron chi connectivity index (χ3n) is 4.26. The number of rotatable bonds is 8. The topological polar surface area (TPSA) is 67.4 Å². The summed E-state index contributed by atoms with van der Waals surface area (Å²) < 4.78 is 5.06. The molecule has 6 heteroatoms. The third kappa shape index (κ3) is 6.89. The predicted molar refractivity (Wildman–Crippen MR) is 97.0 cm³/mol. The zero-order valence-corrected chi connectivity index (χ0v) is 15.0. The minimum Gasteiger partial charge on any atom is -0.497 e.